The topological polar surface area (TPSA) is 21.3 Å². The molecule has 3 rings (SSSR count). The highest BCUT2D eigenvalue weighted by molar-refractivity contribution is 9.10. The molecule has 0 radical (unpaired) electrons. The van der Waals surface area contributed by atoms with E-state index < -0.39 is 0 Å². The molecule has 0 fully saturated rings. The zero-order valence-corrected chi connectivity index (χ0v) is 11.7. The summed E-state index contributed by atoms with van der Waals surface area (Å²) in [6.07, 6.45) is 0.0516. The summed E-state index contributed by atoms with van der Waals surface area (Å²) >= 11 is 3.58. The summed E-state index contributed by atoms with van der Waals surface area (Å²) in [6.45, 7) is 2.88. The maximum Gasteiger partial charge on any atom is 0.143 e. The minimum Gasteiger partial charge on any atom is -0.482 e. The summed E-state index contributed by atoms with van der Waals surface area (Å²) in [7, 11) is 0. The number of fused-ring (bicyclic) bond motifs is 1. The largest absolute Gasteiger partial charge is 0.482 e. The lowest BCUT2D eigenvalue weighted by Gasteiger charge is -2.28. The van der Waals surface area contributed by atoms with Gasteiger partial charge in [-0.25, -0.2) is 0 Å². The highest BCUT2D eigenvalue weighted by atomic mass is 79.9. The number of hydrogen-bond acceptors (Lipinski definition) is 2. The van der Waals surface area contributed by atoms with Gasteiger partial charge in [-0.3, -0.25) is 0 Å². The van der Waals surface area contributed by atoms with Crippen molar-refractivity contribution in [3.05, 3.63) is 58.1 Å². The first-order chi connectivity index (χ1) is 8.74. The molecule has 3 heteroatoms. The van der Waals surface area contributed by atoms with Crippen LogP contribution in [0.1, 0.15) is 17.2 Å². The van der Waals surface area contributed by atoms with Crippen LogP contribution in [0.2, 0.25) is 0 Å². The summed E-state index contributed by atoms with van der Waals surface area (Å²) in [5, 5.41) is 3.43. The molecule has 0 amide bonds. The second-order valence-electron chi connectivity index (χ2n) is 4.51. The van der Waals surface area contributed by atoms with Crippen LogP contribution in [0.5, 0.6) is 5.75 Å². The number of nitrogens with one attached hydrogen (secondary N) is 1. The predicted octanol–water partition coefficient (Wildman–Crippen LogP) is 4.30. The molecule has 2 nitrogen and oxygen atoms in total. The van der Waals surface area contributed by atoms with E-state index in [9.17, 15) is 0 Å². The maximum atomic E-state index is 6.06. The van der Waals surface area contributed by atoms with Gasteiger partial charge in [0, 0.05) is 10.0 Å². The van der Waals surface area contributed by atoms with Crippen molar-refractivity contribution in [1.82, 2.24) is 0 Å². The lowest BCUT2D eigenvalue weighted by atomic mass is 10.1. The third-order valence-corrected chi connectivity index (χ3v) is 3.86. The molecule has 1 heterocycles. The molecule has 1 aliphatic heterocycles. The van der Waals surface area contributed by atoms with E-state index in [0.717, 1.165) is 22.5 Å². The van der Waals surface area contributed by atoms with Crippen LogP contribution in [0, 0.1) is 6.92 Å². The molecular formula is C15H14BrNO. The van der Waals surface area contributed by atoms with Crippen LogP contribution in [0.3, 0.4) is 0 Å². The molecule has 0 aliphatic carbocycles. The molecule has 2 aromatic rings. The first-order valence-corrected chi connectivity index (χ1v) is 6.79. The van der Waals surface area contributed by atoms with E-state index in [2.05, 4.69) is 46.4 Å². The molecule has 2 aromatic carbocycles. The second-order valence-corrected chi connectivity index (χ2v) is 5.36. The van der Waals surface area contributed by atoms with Crippen molar-refractivity contribution in [2.75, 3.05) is 11.9 Å². The Kier molecular flexibility index (Phi) is 3.00. The van der Waals surface area contributed by atoms with Crippen LogP contribution in [0.4, 0.5) is 5.69 Å². The Morgan fingerprint density at radius 2 is 2.06 bits per heavy atom. The van der Waals surface area contributed by atoms with E-state index in [4.69, 9.17) is 4.74 Å². The van der Waals surface area contributed by atoms with Gasteiger partial charge in [-0.1, -0.05) is 40.2 Å². The van der Waals surface area contributed by atoms with Gasteiger partial charge in [0.15, 0.2) is 0 Å². The Labute approximate surface area is 115 Å². The van der Waals surface area contributed by atoms with E-state index in [0.29, 0.717) is 0 Å². The van der Waals surface area contributed by atoms with Crippen molar-refractivity contribution < 1.29 is 4.74 Å². The minimum absolute atomic E-state index is 0.0516. The Balaban J connectivity index is 1.92. The summed E-state index contributed by atoms with van der Waals surface area (Å²) in [5.74, 6) is 0.924. The number of aryl methyl sites for hydroxylation is 1. The van der Waals surface area contributed by atoms with Crippen LogP contribution in [0.15, 0.2) is 46.9 Å². The molecule has 1 aliphatic rings. The van der Waals surface area contributed by atoms with Crippen molar-refractivity contribution in [3.63, 3.8) is 0 Å². The number of halogens is 1. The summed E-state index contributed by atoms with van der Waals surface area (Å²) in [5.41, 5.74) is 3.50. The normalized spacial score (nSPS) is 17.6. The van der Waals surface area contributed by atoms with Crippen molar-refractivity contribution in [3.8, 4) is 5.75 Å². The van der Waals surface area contributed by atoms with Crippen LogP contribution < -0.4 is 10.1 Å². The summed E-state index contributed by atoms with van der Waals surface area (Å²) in [4.78, 5) is 0. The van der Waals surface area contributed by atoms with Crippen molar-refractivity contribution in [2.45, 2.75) is 13.0 Å². The number of ether oxygens (including phenoxy) is 1. The van der Waals surface area contributed by atoms with E-state index >= 15 is 0 Å². The summed E-state index contributed by atoms with van der Waals surface area (Å²) in [6, 6.07) is 14.4. The van der Waals surface area contributed by atoms with Crippen LogP contribution in [0.25, 0.3) is 0 Å². The molecule has 1 unspecified atom stereocenters. The minimum atomic E-state index is 0.0516. The fraction of sp³-hybridized carbons (Fsp3) is 0.200. The number of benzene rings is 2. The van der Waals surface area contributed by atoms with Gasteiger partial charge in [0.2, 0.25) is 0 Å². The van der Waals surface area contributed by atoms with Gasteiger partial charge in [-0.2, -0.15) is 0 Å². The molecular weight excluding hydrogens is 290 g/mol. The van der Waals surface area contributed by atoms with Crippen molar-refractivity contribution in [1.29, 1.82) is 0 Å². The van der Waals surface area contributed by atoms with Gasteiger partial charge in [0.05, 0.1) is 12.2 Å². The Morgan fingerprint density at radius 1 is 1.22 bits per heavy atom. The monoisotopic (exact) mass is 303 g/mol. The Hall–Kier alpha value is -1.48. The molecule has 1 N–H and O–H groups in total. The van der Waals surface area contributed by atoms with Crippen LogP contribution in [-0.4, -0.2) is 6.54 Å². The first kappa shape index (κ1) is 11.6. The zero-order valence-electron chi connectivity index (χ0n) is 10.1. The fourth-order valence-electron chi connectivity index (χ4n) is 2.19. The Morgan fingerprint density at radius 3 is 2.89 bits per heavy atom. The van der Waals surface area contributed by atoms with Crippen LogP contribution >= 0.6 is 15.9 Å². The third kappa shape index (κ3) is 2.10. The van der Waals surface area contributed by atoms with Gasteiger partial charge in [0.25, 0.3) is 0 Å². The van der Waals surface area contributed by atoms with Gasteiger partial charge in [0.1, 0.15) is 11.9 Å². The van der Waals surface area contributed by atoms with E-state index in [1.807, 2.05) is 24.3 Å². The molecule has 1 atom stereocenters. The van der Waals surface area contributed by atoms with E-state index in [-0.39, 0.29) is 6.10 Å². The second kappa shape index (κ2) is 4.65. The lowest BCUT2D eigenvalue weighted by molar-refractivity contribution is 0.209. The molecule has 18 heavy (non-hydrogen) atoms. The number of rotatable bonds is 1. The predicted molar refractivity (Wildman–Crippen MR) is 77.2 cm³/mol. The maximum absolute atomic E-state index is 6.06. The summed E-state index contributed by atoms with van der Waals surface area (Å²) < 4.78 is 7.15. The highest BCUT2D eigenvalue weighted by Crippen LogP contribution is 2.36. The zero-order chi connectivity index (χ0) is 12.5. The smallest absolute Gasteiger partial charge is 0.143 e. The van der Waals surface area contributed by atoms with Gasteiger partial charge in [-0.05, 0) is 30.7 Å². The molecule has 0 spiro atoms. The fourth-order valence-corrected chi connectivity index (χ4v) is 2.73. The molecule has 0 aromatic heterocycles. The van der Waals surface area contributed by atoms with Gasteiger partial charge in [-0.15, -0.1) is 0 Å². The van der Waals surface area contributed by atoms with Gasteiger partial charge < -0.3 is 10.1 Å². The number of hydrogen-bond donors (Lipinski definition) is 1. The molecule has 0 saturated heterocycles. The van der Waals surface area contributed by atoms with Gasteiger partial charge >= 0.3 is 0 Å². The average Bonchev–Trinajstić information content (AvgIpc) is 2.39. The van der Waals surface area contributed by atoms with Crippen molar-refractivity contribution >= 4 is 21.6 Å². The molecule has 0 bridgehead atoms. The highest BCUT2D eigenvalue weighted by Gasteiger charge is 2.22. The van der Waals surface area contributed by atoms with Crippen LogP contribution in [-0.2, 0) is 0 Å². The lowest BCUT2D eigenvalue weighted by Crippen LogP contribution is -2.23. The van der Waals surface area contributed by atoms with E-state index in [1.165, 1.54) is 11.1 Å². The van der Waals surface area contributed by atoms with E-state index in [1.54, 1.807) is 0 Å². The SMILES string of the molecule is Cc1ccc2c(c1)NCC(c1ccccc1Br)O2. The van der Waals surface area contributed by atoms with Crippen molar-refractivity contribution in [2.24, 2.45) is 0 Å². The average molecular weight is 304 g/mol. The molecule has 92 valence electrons. The first-order valence-electron chi connectivity index (χ1n) is 5.99. The molecule has 0 saturated carbocycles. The third-order valence-electron chi connectivity index (χ3n) is 3.13. The standard InChI is InChI=1S/C15H14BrNO/c1-10-6-7-14-13(8-10)17-9-15(18-14)11-4-2-3-5-12(11)16/h2-8,15,17H,9H2,1H3. The Bertz CT molecular complexity index is 582. The quantitative estimate of drug-likeness (QED) is 0.848. The number of anilines is 1.